The monoisotopic (exact) mass is 348 g/mol. The van der Waals surface area contributed by atoms with E-state index >= 15 is 0 Å². The molecule has 17 heavy (non-hydrogen) atoms. The van der Waals surface area contributed by atoms with Crippen molar-refractivity contribution < 1.29 is 0 Å². The van der Waals surface area contributed by atoms with Crippen molar-refractivity contribution in [1.82, 2.24) is 0 Å². The van der Waals surface area contributed by atoms with Crippen LogP contribution in [0.4, 0.5) is 0 Å². The summed E-state index contributed by atoms with van der Waals surface area (Å²) < 4.78 is 0. The third-order valence-electron chi connectivity index (χ3n) is 2.27. The van der Waals surface area contributed by atoms with Gasteiger partial charge in [-0.3, -0.25) is 0 Å². The van der Waals surface area contributed by atoms with Gasteiger partial charge in [0.2, 0.25) is 0 Å². The van der Waals surface area contributed by atoms with Crippen LogP contribution in [-0.4, -0.2) is 48.9 Å². The molecule has 2 aromatic rings. The molecule has 0 aromatic heterocycles. The molecule has 0 heterocycles. The molecule has 0 radical (unpaired) electrons. The van der Waals surface area contributed by atoms with Crippen molar-refractivity contribution in [3.05, 3.63) is 84.6 Å². The van der Waals surface area contributed by atoms with Crippen LogP contribution in [0.3, 0.4) is 0 Å². The Hall–Kier alpha value is -0.249. The van der Waals surface area contributed by atoms with Gasteiger partial charge in [0.25, 0.3) is 0 Å². The van der Waals surface area contributed by atoms with Crippen molar-refractivity contribution in [2.24, 2.45) is 0 Å². The number of benzene rings is 2. The van der Waals surface area contributed by atoms with Gasteiger partial charge in [-0.05, 0) is 0 Å². The zero-order valence-electron chi connectivity index (χ0n) is 10.6. The maximum absolute atomic E-state index is 2.08. The second-order valence-corrected chi connectivity index (χ2v) is 3.40. The molecular weight excluding hydrogens is 330 g/mol. The van der Waals surface area contributed by atoms with Crippen LogP contribution in [0.15, 0.2) is 60.7 Å². The maximum atomic E-state index is 2.08. The molecule has 2 aromatic carbocycles. The zero-order valence-corrected chi connectivity index (χ0v) is 15.1. The molecule has 0 aliphatic carbocycles. The number of hydrogen-bond donors (Lipinski definition) is 0. The first-order valence-electron chi connectivity index (χ1n) is 5.55. The standard InChI is InChI=1S/2C8H9.Ba/c2*1-2-8-6-4-3-5-7-8;/h2*2-7H,1H3;/q2*-1;+2. The quantitative estimate of drug-likeness (QED) is 0.566. The fourth-order valence-corrected chi connectivity index (χ4v) is 1.29. The van der Waals surface area contributed by atoms with Crippen molar-refractivity contribution in [1.29, 1.82) is 0 Å². The molecule has 0 saturated carbocycles. The van der Waals surface area contributed by atoms with Gasteiger partial charge in [0, 0.05) is 0 Å². The third kappa shape index (κ3) is 7.64. The predicted molar refractivity (Wildman–Crippen MR) is 76.8 cm³/mol. The summed E-state index contributed by atoms with van der Waals surface area (Å²) in [6.07, 6.45) is 4.17. The van der Waals surface area contributed by atoms with Crippen LogP contribution in [0.5, 0.6) is 0 Å². The van der Waals surface area contributed by atoms with Gasteiger partial charge < -0.3 is 0 Å². The van der Waals surface area contributed by atoms with Crippen molar-refractivity contribution in [2.75, 3.05) is 0 Å². The van der Waals surface area contributed by atoms with E-state index in [1.54, 1.807) is 0 Å². The van der Waals surface area contributed by atoms with Gasteiger partial charge in [-0.25, -0.2) is 0 Å². The average Bonchev–Trinajstić information content (AvgIpc) is 2.41. The Morgan fingerprint density at radius 3 is 1.06 bits per heavy atom. The van der Waals surface area contributed by atoms with Crippen molar-refractivity contribution in [3.63, 3.8) is 0 Å². The van der Waals surface area contributed by atoms with Gasteiger partial charge in [0.15, 0.2) is 0 Å². The van der Waals surface area contributed by atoms with Crippen LogP contribution < -0.4 is 0 Å². The Labute approximate surface area is 146 Å². The van der Waals surface area contributed by atoms with Gasteiger partial charge in [0.05, 0.1) is 0 Å². The second kappa shape index (κ2) is 10.9. The Morgan fingerprint density at radius 2 is 0.882 bits per heavy atom. The van der Waals surface area contributed by atoms with E-state index in [9.17, 15) is 0 Å². The van der Waals surface area contributed by atoms with Gasteiger partial charge >= 0.3 is 48.9 Å². The normalized spacial score (nSPS) is 8.12. The summed E-state index contributed by atoms with van der Waals surface area (Å²) in [5, 5.41) is 0. The Morgan fingerprint density at radius 1 is 0.588 bits per heavy atom. The van der Waals surface area contributed by atoms with E-state index in [0.29, 0.717) is 0 Å². The SMILES string of the molecule is C[CH-]c1ccccc1.C[CH-]c1ccccc1.[Ba+2]. The minimum absolute atomic E-state index is 0. The van der Waals surface area contributed by atoms with Crippen LogP contribution in [0.2, 0.25) is 0 Å². The molecule has 2 rings (SSSR count). The molecule has 0 nitrogen and oxygen atoms in total. The van der Waals surface area contributed by atoms with E-state index in [0.717, 1.165) is 0 Å². The molecular formula is C16H18Ba. The molecule has 0 aliphatic rings. The van der Waals surface area contributed by atoms with Crippen LogP contribution >= 0.6 is 0 Å². The molecule has 0 saturated heterocycles. The van der Waals surface area contributed by atoms with Crippen molar-refractivity contribution in [3.8, 4) is 0 Å². The third-order valence-corrected chi connectivity index (χ3v) is 2.27. The topological polar surface area (TPSA) is 0 Å². The summed E-state index contributed by atoms with van der Waals surface area (Å²) in [6, 6.07) is 20.5. The molecule has 0 amide bonds. The first-order valence-corrected chi connectivity index (χ1v) is 5.55. The molecule has 0 spiro atoms. The van der Waals surface area contributed by atoms with Crippen LogP contribution in [0, 0.1) is 12.8 Å². The van der Waals surface area contributed by atoms with E-state index in [1.807, 2.05) is 50.2 Å². The molecule has 0 aliphatic heterocycles. The average molecular weight is 348 g/mol. The van der Waals surface area contributed by atoms with E-state index in [1.165, 1.54) is 11.1 Å². The minimum Gasteiger partial charge on any atom is -0.192 e. The summed E-state index contributed by atoms with van der Waals surface area (Å²) in [4.78, 5) is 0. The van der Waals surface area contributed by atoms with Crippen molar-refractivity contribution >= 4 is 48.9 Å². The first kappa shape index (κ1) is 16.8. The Bertz CT molecular complexity index is 328. The van der Waals surface area contributed by atoms with E-state index in [4.69, 9.17) is 0 Å². The van der Waals surface area contributed by atoms with Crippen LogP contribution in [-0.2, 0) is 0 Å². The largest absolute Gasteiger partial charge is 2.00 e. The summed E-state index contributed by atoms with van der Waals surface area (Å²) >= 11 is 0. The molecule has 0 N–H and O–H groups in total. The summed E-state index contributed by atoms with van der Waals surface area (Å²) in [7, 11) is 0. The Kier molecular flexibility index (Phi) is 10.7. The minimum atomic E-state index is 0. The van der Waals surface area contributed by atoms with Crippen LogP contribution in [0.25, 0.3) is 0 Å². The molecule has 84 valence electrons. The summed E-state index contributed by atoms with van der Waals surface area (Å²) in [5.74, 6) is 0. The molecule has 0 unspecified atom stereocenters. The summed E-state index contributed by atoms with van der Waals surface area (Å²) in [6.45, 7) is 4.07. The fraction of sp³-hybridized carbons (Fsp3) is 0.125. The van der Waals surface area contributed by atoms with Gasteiger partial charge in [-0.1, -0.05) is 26.0 Å². The number of hydrogen-bond acceptors (Lipinski definition) is 0. The van der Waals surface area contributed by atoms with Gasteiger partial charge in [-0.2, -0.15) is 48.2 Å². The molecule has 0 atom stereocenters. The number of rotatable bonds is 2. The van der Waals surface area contributed by atoms with E-state index in [-0.39, 0.29) is 48.9 Å². The van der Waals surface area contributed by atoms with Gasteiger partial charge in [0.1, 0.15) is 0 Å². The van der Waals surface area contributed by atoms with Gasteiger partial charge in [-0.15, -0.1) is 24.3 Å². The second-order valence-electron chi connectivity index (χ2n) is 3.40. The Balaban J connectivity index is 0.000000284. The first-order chi connectivity index (χ1) is 7.86. The zero-order chi connectivity index (χ0) is 11.6. The smallest absolute Gasteiger partial charge is 0.192 e. The maximum Gasteiger partial charge on any atom is 2.00 e. The predicted octanol–water partition coefficient (Wildman–Crippen LogP) is 4.14. The van der Waals surface area contributed by atoms with Crippen molar-refractivity contribution in [2.45, 2.75) is 13.8 Å². The molecule has 0 fully saturated rings. The molecule has 1 heteroatoms. The van der Waals surface area contributed by atoms with Crippen LogP contribution in [0.1, 0.15) is 25.0 Å². The fourth-order valence-electron chi connectivity index (χ4n) is 1.29. The van der Waals surface area contributed by atoms with E-state index in [2.05, 4.69) is 37.1 Å². The molecule has 0 bridgehead atoms. The summed E-state index contributed by atoms with van der Waals surface area (Å²) in [5.41, 5.74) is 2.57. The van der Waals surface area contributed by atoms with E-state index < -0.39 is 0 Å².